The van der Waals surface area contributed by atoms with E-state index in [-0.39, 0.29) is 5.56 Å². The number of benzene rings is 1. The molecule has 0 saturated carbocycles. The third-order valence-corrected chi connectivity index (χ3v) is 2.33. The summed E-state index contributed by atoms with van der Waals surface area (Å²) in [6.07, 6.45) is 2.50. The van der Waals surface area contributed by atoms with Crippen molar-refractivity contribution in [2.45, 2.75) is 6.92 Å². The highest BCUT2D eigenvalue weighted by Gasteiger charge is 2.06. The van der Waals surface area contributed by atoms with Crippen LogP contribution in [0.25, 0.3) is 0 Å². The maximum absolute atomic E-state index is 10.7. The lowest BCUT2D eigenvalue weighted by atomic mass is 10.3. The Balaban J connectivity index is 2.19. The van der Waals surface area contributed by atoms with Crippen LogP contribution in [0.15, 0.2) is 36.7 Å². The van der Waals surface area contributed by atoms with Crippen LogP contribution in [0.3, 0.4) is 0 Å². The number of aromatic nitrogens is 2. The molecule has 0 aliphatic rings. The van der Waals surface area contributed by atoms with Gasteiger partial charge in [-0.1, -0.05) is 12.1 Å². The van der Waals surface area contributed by atoms with Crippen molar-refractivity contribution in [2.24, 2.45) is 0 Å². The number of carboxylic acids is 1. The quantitative estimate of drug-likeness (QED) is 0.857. The van der Waals surface area contributed by atoms with Gasteiger partial charge >= 0.3 is 5.97 Å². The molecule has 6 heteroatoms. The first-order valence-corrected chi connectivity index (χ1v) is 5.75. The van der Waals surface area contributed by atoms with Crippen molar-refractivity contribution >= 4 is 17.6 Å². The van der Waals surface area contributed by atoms with Gasteiger partial charge in [-0.05, 0) is 19.1 Å². The lowest BCUT2D eigenvalue weighted by Crippen LogP contribution is -2.03. The number of aromatic carboxylic acids is 1. The molecule has 0 amide bonds. The van der Waals surface area contributed by atoms with Gasteiger partial charge in [-0.3, -0.25) is 0 Å². The van der Waals surface area contributed by atoms with Gasteiger partial charge in [0.05, 0.1) is 17.9 Å². The minimum Gasteiger partial charge on any atom is -0.492 e. The molecule has 0 radical (unpaired) electrons. The molecule has 0 bridgehead atoms. The number of ether oxygens (including phenoxy) is 1. The van der Waals surface area contributed by atoms with Crippen LogP contribution >= 0.6 is 0 Å². The number of nitrogens with one attached hydrogen (secondary N) is 1. The summed E-state index contributed by atoms with van der Waals surface area (Å²) >= 11 is 0. The van der Waals surface area contributed by atoms with Crippen LogP contribution in [0.4, 0.5) is 11.6 Å². The first kappa shape index (κ1) is 12.8. The van der Waals surface area contributed by atoms with Gasteiger partial charge in [-0.25, -0.2) is 14.8 Å². The van der Waals surface area contributed by atoms with Crippen LogP contribution in [0.2, 0.25) is 0 Å². The topological polar surface area (TPSA) is 84.3 Å². The predicted molar refractivity (Wildman–Crippen MR) is 69.9 cm³/mol. The Kier molecular flexibility index (Phi) is 3.92. The van der Waals surface area contributed by atoms with Crippen LogP contribution in [0.5, 0.6) is 5.75 Å². The highest BCUT2D eigenvalue weighted by atomic mass is 16.5. The second-order valence-corrected chi connectivity index (χ2v) is 3.65. The van der Waals surface area contributed by atoms with Gasteiger partial charge in [-0.2, -0.15) is 0 Å². The molecule has 2 aromatic rings. The van der Waals surface area contributed by atoms with Crippen molar-refractivity contribution in [2.75, 3.05) is 11.9 Å². The van der Waals surface area contributed by atoms with E-state index in [0.29, 0.717) is 18.3 Å². The molecule has 1 aromatic carbocycles. The number of hydrogen-bond donors (Lipinski definition) is 2. The van der Waals surface area contributed by atoms with E-state index in [0.717, 1.165) is 5.69 Å². The zero-order valence-corrected chi connectivity index (χ0v) is 10.3. The van der Waals surface area contributed by atoms with E-state index in [4.69, 9.17) is 9.84 Å². The van der Waals surface area contributed by atoms with Crippen molar-refractivity contribution < 1.29 is 14.6 Å². The average molecular weight is 259 g/mol. The molecule has 0 spiro atoms. The van der Waals surface area contributed by atoms with Gasteiger partial charge in [0.15, 0.2) is 0 Å². The van der Waals surface area contributed by atoms with Crippen molar-refractivity contribution in [1.29, 1.82) is 0 Å². The van der Waals surface area contributed by atoms with Gasteiger partial charge in [0.2, 0.25) is 5.95 Å². The maximum atomic E-state index is 10.7. The first-order valence-electron chi connectivity index (χ1n) is 5.75. The number of anilines is 2. The number of rotatable bonds is 5. The van der Waals surface area contributed by atoms with E-state index < -0.39 is 5.97 Å². The molecule has 0 aliphatic carbocycles. The van der Waals surface area contributed by atoms with Crippen molar-refractivity contribution in [3.05, 3.63) is 42.2 Å². The molecule has 1 heterocycles. The summed E-state index contributed by atoms with van der Waals surface area (Å²) in [5.74, 6) is -0.0469. The summed E-state index contributed by atoms with van der Waals surface area (Å²) in [6, 6.07) is 7.39. The molecule has 98 valence electrons. The normalized spacial score (nSPS) is 9.95. The fraction of sp³-hybridized carbons (Fsp3) is 0.154. The van der Waals surface area contributed by atoms with Gasteiger partial charge < -0.3 is 15.2 Å². The smallest absolute Gasteiger partial charge is 0.338 e. The molecule has 2 N–H and O–H groups in total. The number of nitrogens with zero attached hydrogens (tertiary/aromatic N) is 2. The summed E-state index contributed by atoms with van der Waals surface area (Å²) in [5.41, 5.74) is 0.774. The highest BCUT2D eigenvalue weighted by Crippen LogP contribution is 2.25. The number of hydrogen-bond acceptors (Lipinski definition) is 5. The fourth-order valence-electron chi connectivity index (χ4n) is 1.47. The Morgan fingerprint density at radius 3 is 2.63 bits per heavy atom. The third kappa shape index (κ3) is 3.19. The average Bonchev–Trinajstić information content (AvgIpc) is 2.42. The van der Waals surface area contributed by atoms with E-state index in [1.165, 1.54) is 12.4 Å². The van der Waals surface area contributed by atoms with Crippen LogP contribution < -0.4 is 10.1 Å². The van der Waals surface area contributed by atoms with Gasteiger partial charge in [0.25, 0.3) is 0 Å². The van der Waals surface area contributed by atoms with Crippen molar-refractivity contribution in [1.82, 2.24) is 9.97 Å². The SMILES string of the molecule is CCOc1ccccc1Nc1ncc(C(=O)O)cn1. The molecule has 0 unspecified atom stereocenters. The minimum atomic E-state index is -1.05. The third-order valence-electron chi connectivity index (χ3n) is 2.33. The number of carboxylic acid groups (broad SMARTS) is 1. The van der Waals surface area contributed by atoms with Crippen molar-refractivity contribution in [3.8, 4) is 5.75 Å². The minimum absolute atomic E-state index is 0.0450. The standard InChI is InChI=1S/C13H13N3O3/c1-2-19-11-6-4-3-5-10(11)16-13-14-7-9(8-15-13)12(17)18/h3-8H,2H2,1H3,(H,17,18)(H,14,15,16). The van der Waals surface area contributed by atoms with Crippen LogP contribution in [-0.2, 0) is 0 Å². The summed E-state index contributed by atoms with van der Waals surface area (Å²) < 4.78 is 5.46. The fourth-order valence-corrected chi connectivity index (χ4v) is 1.47. The molecule has 0 saturated heterocycles. The molecule has 6 nitrogen and oxygen atoms in total. The number of carbonyl (C=O) groups is 1. The summed E-state index contributed by atoms with van der Waals surface area (Å²) in [4.78, 5) is 18.6. The predicted octanol–water partition coefficient (Wildman–Crippen LogP) is 2.32. The Hall–Kier alpha value is -2.63. The monoisotopic (exact) mass is 259 g/mol. The summed E-state index contributed by atoms with van der Waals surface area (Å²) in [5, 5.41) is 11.7. The van der Waals surface area contributed by atoms with E-state index in [2.05, 4.69) is 15.3 Å². The largest absolute Gasteiger partial charge is 0.492 e. The van der Waals surface area contributed by atoms with Crippen LogP contribution in [-0.4, -0.2) is 27.7 Å². The second kappa shape index (κ2) is 5.81. The molecule has 1 aromatic heterocycles. The van der Waals surface area contributed by atoms with Crippen LogP contribution in [0.1, 0.15) is 17.3 Å². The van der Waals surface area contributed by atoms with E-state index in [1.54, 1.807) is 0 Å². The van der Waals surface area contributed by atoms with Gasteiger partial charge in [0, 0.05) is 12.4 Å². The van der Waals surface area contributed by atoms with E-state index >= 15 is 0 Å². The van der Waals surface area contributed by atoms with Gasteiger partial charge in [-0.15, -0.1) is 0 Å². The second-order valence-electron chi connectivity index (χ2n) is 3.65. The maximum Gasteiger partial charge on any atom is 0.338 e. The van der Waals surface area contributed by atoms with Crippen LogP contribution in [0, 0.1) is 0 Å². The van der Waals surface area contributed by atoms with E-state index in [1.807, 2.05) is 31.2 Å². The lowest BCUT2D eigenvalue weighted by molar-refractivity contribution is 0.0696. The molecular weight excluding hydrogens is 246 g/mol. The number of para-hydroxylation sites is 2. The molecule has 0 aliphatic heterocycles. The Morgan fingerprint density at radius 1 is 1.32 bits per heavy atom. The molecule has 19 heavy (non-hydrogen) atoms. The lowest BCUT2D eigenvalue weighted by Gasteiger charge is -2.10. The van der Waals surface area contributed by atoms with Gasteiger partial charge in [0.1, 0.15) is 5.75 Å². The Bertz CT molecular complexity index is 570. The molecule has 0 atom stereocenters. The van der Waals surface area contributed by atoms with Crippen molar-refractivity contribution in [3.63, 3.8) is 0 Å². The first-order chi connectivity index (χ1) is 9.20. The summed E-state index contributed by atoms with van der Waals surface area (Å²) in [7, 11) is 0. The Morgan fingerprint density at radius 2 is 2.00 bits per heavy atom. The Labute approximate surface area is 110 Å². The zero-order chi connectivity index (χ0) is 13.7. The molecule has 0 fully saturated rings. The summed E-state index contributed by atoms with van der Waals surface area (Å²) in [6.45, 7) is 2.45. The van der Waals surface area contributed by atoms with E-state index in [9.17, 15) is 4.79 Å². The highest BCUT2D eigenvalue weighted by molar-refractivity contribution is 5.86. The zero-order valence-electron chi connectivity index (χ0n) is 10.3. The molecule has 2 rings (SSSR count). The molecular formula is C13H13N3O3.